The van der Waals surface area contributed by atoms with E-state index in [1.54, 1.807) is 6.92 Å². The molecule has 0 saturated carbocycles. The van der Waals surface area contributed by atoms with Gasteiger partial charge in [-0.05, 0) is 36.2 Å². The molecule has 2 aromatic rings. The summed E-state index contributed by atoms with van der Waals surface area (Å²) in [4.78, 5) is 12.0. The van der Waals surface area contributed by atoms with Crippen LogP contribution in [0.2, 0.25) is 0 Å². The highest BCUT2D eigenvalue weighted by Gasteiger charge is 2.30. The van der Waals surface area contributed by atoms with Gasteiger partial charge in [-0.3, -0.25) is 4.79 Å². The molecule has 9 heteroatoms. The van der Waals surface area contributed by atoms with Gasteiger partial charge in [0.05, 0.1) is 17.5 Å². The number of benzene rings is 1. The number of hydrogen-bond donors (Lipinski definition) is 1. The molecule has 0 unspecified atom stereocenters. The van der Waals surface area contributed by atoms with Crippen LogP contribution in [0.3, 0.4) is 0 Å². The normalized spacial score (nSPS) is 11.8. The summed E-state index contributed by atoms with van der Waals surface area (Å²) in [6, 6.07) is 4.62. The number of halogens is 3. The molecule has 0 radical (unpaired) electrons. The number of aryl methyl sites for hydroxylation is 1. The molecule has 0 aliphatic rings. The number of amides is 1. The number of nitrogens with one attached hydrogen (secondary N) is 1. The third kappa shape index (κ3) is 3.85. The fraction of sp³-hybridized carbons (Fsp3) is 0.167. The number of hydrogen-bond acceptors (Lipinski definition) is 5. The summed E-state index contributed by atoms with van der Waals surface area (Å²) >= 11 is 0.914. The molecule has 2 rings (SSSR count). The van der Waals surface area contributed by atoms with E-state index in [9.17, 15) is 18.0 Å². The third-order valence-corrected chi connectivity index (χ3v) is 3.28. The minimum Gasteiger partial charge on any atom is -0.266 e. The van der Waals surface area contributed by atoms with E-state index in [0.29, 0.717) is 10.6 Å². The number of carbonyl (C=O) groups excluding carboxylic acids is 1. The van der Waals surface area contributed by atoms with E-state index in [2.05, 4.69) is 20.1 Å². The molecule has 21 heavy (non-hydrogen) atoms. The fourth-order valence-corrected chi connectivity index (χ4v) is 2.00. The van der Waals surface area contributed by atoms with Gasteiger partial charge in [-0.2, -0.15) is 18.3 Å². The van der Waals surface area contributed by atoms with Crippen molar-refractivity contribution in [3.8, 4) is 0 Å². The first-order chi connectivity index (χ1) is 9.88. The minimum atomic E-state index is -4.42. The first-order valence-corrected chi connectivity index (χ1v) is 6.45. The first-order valence-electron chi connectivity index (χ1n) is 5.67. The molecule has 0 fully saturated rings. The molecule has 0 aliphatic heterocycles. The monoisotopic (exact) mass is 314 g/mol. The zero-order valence-corrected chi connectivity index (χ0v) is 11.5. The van der Waals surface area contributed by atoms with Crippen LogP contribution in [0.1, 0.15) is 26.5 Å². The lowest BCUT2D eigenvalue weighted by Gasteiger charge is -2.06. The second-order valence-corrected chi connectivity index (χ2v) is 4.76. The quantitative estimate of drug-likeness (QED) is 0.699. The first kappa shape index (κ1) is 15.1. The molecular weight excluding hydrogens is 305 g/mol. The van der Waals surface area contributed by atoms with E-state index in [0.717, 1.165) is 29.9 Å². The summed E-state index contributed by atoms with van der Waals surface area (Å²) in [5.74, 6) is -0.509. The SMILES string of the molecule is Cc1nnsc1C(=O)N/N=C\c1cccc(C(F)(F)F)c1. The zero-order chi connectivity index (χ0) is 15.5. The van der Waals surface area contributed by atoms with Crippen molar-refractivity contribution >= 4 is 23.7 Å². The Labute approximate surface area is 121 Å². The Hall–Kier alpha value is -2.29. The van der Waals surface area contributed by atoms with Crippen LogP contribution in [-0.4, -0.2) is 21.7 Å². The van der Waals surface area contributed by atoms with Gasteiger partial charge in [0.1, 0.15) is 4.88 Å². The maximum Gasteiger partial charge on any atom is 0.416 e. The van der Waals surface area contributed by atoms with Gasteiger partial charge in [-0.25, -0.2) is 5.43 Å². The van der Waals surface area contributed by atoms with Gasteiger partial charge in [0.25, 0.3) is 5.91 Å². The molecule has 0 atom stereocenters. The standard InChI is InChI=1S/C12H9F3N4OS/c1-7-10(21-19-17-7)11(20)18-16-6-8-3-2-4-9(5-8)12(13,14)15/h2-6H,1H3,(H,18,20)/b16-6-. The number of hydrazone groups is 1. The van der Waals surface area contributed by atoms with Crippen LogP contribution in [-0.2, 0) is 6.18 Å². The summed E-state index contributed by atoms with van der Waals surface area (Å²) in [5.41, 5.74) is 2.13. The lowest BCUT2D eigenvalue weighted by molar-refractivity contribution is -0.137. The summed E-state index contributed by atoms with van der Waals surface area (Å²) in [6.07, 6.45) is -3.28. The average Bonchev–Trinajstić information content (AvgIpc) is 2.84. The Bertz CT molecular complexity index is 681. The number of aromatic nitrogens is 2. The highest BCUT2D eigenvalue weighted by molar-refractivity contribution is 7.07. The van der Waals surface area contributed by atoms with E-state index < -0.39 is 17.6 Å². The van der Waals surface area contributed by atoms with Crippen LogP contribution in [0.4, 0.5) is 13.2 Å². The summed E-state index contributed by atoms with van der Waals surface area (Å²) in [6.45, 7) is 1.62. The molecular formula is C12H9F3N4OS. The molecule has 0 saturated heterocycles. The predicted octanol–water partition coefficient (Wildman–Crippen LogP) is 2.63. The van der Waals surface area contributed by atoms with E-state index in [-0.39, 0.29) is 5.56 Å². The molecule has 110 valence electrons. The molecule has 1 N–H and O–H groups in total. The zero-order valence-electron chi connectivity index (χ0n) is 10.7. The lowest BCUT2D eigenvalue weighted by Crippen LogP contribution is -2.17. The highest BCUT2D eigenvalue weighted by Crippen LogP contribution is 2.29. The molecule has 1 aromatic carbocycles. The fourth-order valence-electron chi connectivity index (χ4n) is 1.45. The summed E-state index contributed by atoms with van der Waals surface area (Å²) in [5, 5.41) is 7.29. The molecule has 0 bridgehead atoms. The van der Waals surface area contributed by atoms with Crippen LogP contribution in [0.5, 0.6) is 0 Å². The Kier molecular flexibility index (Phi) is 4.32. The van der Waals surface area contributed by atoms with Crippen molar-refractivity contribution in [1.82, 2.24) is 15.0 Å². The van der Waals surface area contributed by atoms with Crippen LogP contribution < -0.4 is 5.43 Å². The smallest absolute Gasteiger partial charge is 0.266 e. The Balaban J connectivity index is 2.05. The Morgan fingerprint density at radius 3 is 2.81 bits per heavy atom. The Morgan fingerprint density at radius 2 is 2.19 bits per heavy atom. The molecule has 1 aromatic heterocycles. The number of nitrogens with zero attached hydrogens (tertiary/aromatic N) is 3. The highest BCUT2D eigenvalue weighted by atomic mass is 32.1. The largest absolute Gasteiger partial charge is 0.416 e. The molecule has 1 heterocycles. The van der Waals surface area contributed by atoms with Gasteiger partial charge in [0, 0.05) is 0 Å². The van der Waals surface area contributed by atoms with Crippen molar-refractivity contribution in [2.45, 2.75) is 13.1 Å². The topological polar surface area (TPSA) is 67.2 Å². The van der Waals surface area contributed by atoms with Crippen LogP contribution in [0.15, 0.2) is 29.4 Å². The predicted molar refractivity (Wildman–Crippen MR) is 71.2 cm³/mol. The van der Waals surface area contributed by atoms with Crippen LogP contribution >= 0.6 is 11.5 Å². The molecule has 5 nitrogen and oxygen atoms in total. The summed E-state index contributed by atoms with van der Waals surface area (Å²) < 4.78 is 41.2. The van der Waals surface area contributed by atoms with E-state index >= 15 is 0 Å². The maximum atomic E-state index is 12.5. The number of rotatable bonds is 3. The van der Waals surface area contributed by atoms with Gasteiger partial charge < -0.3 is 0 Å². The Morgan fingerprint density at radius 1 is 1.43 bits per heavy atom. The van der Waals surface area contributed by atoms with Gasteiger partial charge in [-0.1, -0.05) is 16.6 Å². The second kappa shape index (κ2) is 6.00. The van der Waals surface area contributed by atoms with E-state index in [1.165, 1.54) is 12.1 Å². The van der Waals surface area contributed by atoms with Crippen molar-refractivity contribution in [2.75, 3.05) is 0 Å². The number of carbonyl (C=O) groups is 1. The van der Waals surface area contributed by atoms with Crippen molar-refractivity contribution in [3.63, 3.8) is 0 Å². The minimum absolute atomic E-state index is 0.226. The maximum absolute atomic E-state index is 12.5. The molecule has 0 spiro atoms. The second-order valence-electron chi connectivity index (χ2n) is 4.01. The van der Waals surface area contributed by atoms with Crippen molar-refractivity contribution in [1.29, 1.82) is 0 Å². The third-order valence-electron chi connectivity index (χ3n) is 2.45. The van der Waals surface area contributed by atoms with Crippen molar-refractivity contribution in [2.24, 2.45) is 5.10 Å². The van der Waals surface area contributed by atoms with Crippen molar-refractivity contribution in [3.05, 3.63) is 46.0 Å². The van der Waals surface area contributed by atoms with Gasteiger partial charge >= 0.3 is 6.18 Å². The van der Waals surface area contributed by atoms with Crippen LogP contribution in [0.25, 0.3) is 0 Å². The van der Waals surface area contributed by atoms with E-state index in [1.807, 2.05) is 0 Å². The average molecular weight is 314 g/mol. The lowest BCUT2D eigenvalue weighted by atomic mass is 10.1. The van der Waals surface area contributed by atoms with Crippen molar-refractivity contribution < 1.29 is 18.0 Å². The number of alkyl halides is 3. The van der Waals surface area contributed by atoms with Crippen LogP contribution in [0, 0.1) is 6.92 Å². The van der Waals surface area contributed by atoms with Gasteiger partial charge in [0.2, 0.25) is 0 Å². The molecule has 0 aliphatic carbocycles. The molecule has 1 amide bonds. The van der Waals surface area contributed by atoms with Gasteiger partial charge in [0.15, 0.2) is 0 Å². The van der Waals surface area contributed by atoms with E-state index in [4.69, 9.17) is 0 Å². The van der Waals surface area contributed by atoms with Gasteiger partial charge in [-0.15, -0.1) is 5.10 Å². The summed E-state index contributed by atoms with van der Waals surface area (Å²) in [7, 11) is 0.